The maximum atomic E-state index is 13.5. The number of hydrogen-bond acceptors (Lipinski definition) is 4. The van der Waals surface area contributed by atoms with Crippen LogP contribution in [0.5, 0.6) is 0 Å². The first-order valence-corrected chi connectivity index (χ1v) is 10.9. The van der Waals surface area contributed by atoms with Gasteiger partial charge in [-0.15, -0.1) is 0 Å². The summed E-state index contributed by atoms with van der Waals surface area (Å²) < 4.78 is 28.2. The fourth-order valence-electron chi connectivity index (χ4n) is 4.48. The van der Waals surface area contributed by atoms with E-state index in [4.69, 9.17) is 0 Å². The predicted molar refractivity (Wildman–Crippen MR) is 120 cm³/mol. The molecule has 3 atom stereocenters. The van der Waals surface area contributed by atoms with Crippen molar-refractivity contribution in [3.63, 3.8) is 0 Å². The summed E-state index contributed by atoms with van der Waals surface area (Å²) in [7, 11) is 0. The van der Waals surface area contributed by atoms with Gasteiger partial charge in [0.1, 0.15) is 12.5 Å². The van der Waals surface area contributed by atoms with E-state index in [1.165, 1.54) is 29.7 Å². The Labute approximate surface area is 191 Å². The first-order valence-electron chi connectivity index (χ1n) is 10.9. The highest BCUT2D eigenvalue weighted by Crippen LogP contribution is 2.27. The summed E-state index contributed by atoms with van der Waals surface area (Å²) in [6.07, 6.45) is 0.530. The quantitative estimate of drug-likeness (QED) is 0.435. The summed E-state index contributed by atoms with van der Waals surface area (Å²) in [5.74, 6) is -2.75. The van der Waals surface area contributed by atoms with Crippen molar-refractivity contribution in [2.45, 2.75) is 59.2 Å². The van der Waals surface area contributed by atoms with Crippen molar-refractivity contribution in [1.29, 1.82) is 0 Å². The van der Waals surface area contributed by atoms with Crippen molar-refractivity contribution in [1.82, 2.24) is 9.88 Å². The molecule has 0 spiro atoms. The van der Waals surface area contributed by atoms with Crippen molar-refractivity contribution < 1.29 is 28.3 Å². The van der Waals surface area contributed by atoms with Crippen LogP contribution in [0.15, 0.2) is 18.2 Å². The van der Waals surface area contributed by atoms with Crippen LogP contribution < -0.4 is 10.6 Å². The van der Waals surface area contributed by atoms with E-state index < -0.39 is 42.2 Å². The minimum Gasteiger partial charge on any atom is -0.391 e. The number of aryl methyl sites for hydroxylation is 1. The zero-order valence-electron chi connectivity index (χ0n) is 19.2. The highest BCUT2D eigenvalue weighted by molar-refractivity contribution is 6.43. The van der Waals surface area contributed by atoms with Crippen molar-refractivity contribution in [2.24, 2.45) is 5.92 Å². The fraction of sp³-hybridized carbons (Fsp3) is 0.458. The van der Waals surface area contributed by atoms with Crippen LogP contribution >= 0.6 is 0 Å². The summed E-state index contributed by atoms with van der Waals surface area (Å²) in [6, 6.07) is 3.59. The molecule has 1 aromatic carbocycles. The van der Waals surface area contributed by atoms with Gasteiger partial charge in [0, 0.05) is 11.4 Å². The van der Waals surface area contributed by atoms with Gasteiger partial charge in [0.05, 0.1) is 29.9 Å². The average molecular weight is 462 g/mol. The van der Waals surface area contributed by atoms with Gasteiger partial charge in [0.25, 0.3) is 17.6 Å². The van der Waals surface area contributed by atoms with Gasteiger partial charge in [0.15, 0.2) is 0 Å². The second-order valence-corrected chi connectivity index (χ2v) is 8.65. The summed E-state index contributed by atoms with van der Waals surface area (Å²) >= 11 is 0. The number of benzene rings is 1. The number of aromatic nitrogens is 1. The molecule has 2 amide bonds. The standard InChI is InChI=1S/C24H29F2N3O4/c1-12-5-8-18(21(12)30)28-24(33)22(31)20-14(3)19(15(4)29(20)10-9-25)23(32)27-16-6-7-17(26)13(2)11-16/h6-7,11-12,18,21,30H,5,8-10H2,1-4H3,(H,27,32)(H,28,33)/t12-,18-,21+/m1/s1. The number of alkyl halides is 1. The molecule has 33 heavy (non-hydrogen) atoms. The number of aliphatic hydroxyl groups is 1. The smallest absolute Gasteiger partial charge is 0.294 e. The lowest BCUT2D eigenvalue weighted by Gasteiger charge is -2.18. The van der Waals surface area contributed by atoms with E-state index in [0.717, 1.165) is 6.42 Å². The molecule has 3 N–H and O–H groups in total. The number of anilines is 1. The third kappa shape index (κ3) is 4.83. The molecule has 0 unspecified atom stereocenters. The van der Waals surface area contributed by atoms with Gasteiger partial charge in [0.2, 0.25) is 0 Å². The van der Waals surface area contributed by atoms with Gasteiger partial charge < -0.3 is 20.3 Å². The molecule has 0 aliphatic heterocycles. The van der Waals surface area contributed by atoms with Crippen LogP contribution in [-0.2, 0) is 11.3 Å². The first-order chi connectivity index (χ1) is 15.6. The van der Waals surface area contributed by atoms with Gasteiger partial charge >= 0.3 is 0 Å². The highest BCUT2D eigenvalue weighted by Gasteiger charge is 2.36. The Morgan fingerprint density at radius 1 is 1.18 bits per heavy atom. The number of ketones is 1. The van der Waals surface area contributed by atoms with Crippen LogP contribution in [0.3, 0.4) is 0 Å². The molecule has 1 aliphatic carbocycles. The van der Waals surface area contributed by atoms with Gasteiger partial charge in [-0.25, -0.2) is 8.78 Å². The molecule has 9 heteroatoms. The van der Waals surface area contributed by atoms with Crippen LogP contribution in [-0.4, -0.2) is 46.1 Å². The Bertz CT molecular complexity index is 1100. The monoisotopic (exact) mass is 461 g/mol. The summed E-state index contributed by atoms with van der Waals surface area (Å²) in [4.78, 5) is 38.8. The highest BCUT2D eigenvalue weighted by atomic mass is 19.1. The molecule has 7 nitrogen and oxygen atoms in total. The Hall–Kier alpha value is -3.07. The molecule has 0 bridgehead atoms. The zero-order valence-corrected chi connectivity index (χ0v) is 19.2. The average Bonchev–Trinajstić information content (AvgIpc) is 3.20. The molecule has 1 heterocycles. The Morgan fingerprint density at radius 2 is 1.88 bits per heavy atom. The van der Waals surface area contributed by atoms with Crippen LogP contribution in [0.1, 0.15) is 57.4 Å². The van der Waals surface area contributed by atoms with E-state index in [2.05, 4.69) is 10.6 Å². The zero-order chi connectivity index (χ0) is 24.4. The number of amides is 2. The largest absolute Gasteiger partial charge is 0.391 e. The third-order valence-corrected chi connectivity index (χ3v) is 6.38. The van der Waals surface area contributed by atoms with E-state index in [-0.39, 0.29) is 29.3 Å². The number of hydrogen-bond donors (Lipinski definition) is 3. The molecule has 1 fully saturated rings. The van der Waals surface area contributed by atoms with Crippen molar-refractivity contribution >= 4 is 23.3 Å². The van der Waals surface area contributed by atoms with E-state index in [0.29, 0.717) is 23.4 Å². The first kappa shape index (κ1) is 24.6. The number of Topliss-reactive ketones (excluding diaryl/α,β-unsaturated/α-hetero) is 1. The number of carbonyl (C=O) groups is 3. The predicted octanol–water partition coefficient (Wildman–Crippen LogP) is 3.23. The van der Waals surface area contributed by atoms with Crippen molar-refractivity contribution in [3.05, 3.63) is 52.1 Å². The summed E-state index contributed by atoms with van der Waals surface area (Å²) in [6.45, 7) is 5.54. The van der Waals surface area contributed by atoms with E-state index >= 15 is 0 Å². The van der Waals surface area contributed by atoms with Gasteiger partial charge in [-0.1, -0.05) is 6.92 Å². The molecular formula is C24H29F2N3O4. The topological polar surface area (TPSA) is 100 Å². The van der Waals surface area contributed by atoms with E-state index in [9.17, 15) is 28.3 Å². The van der Waals surface area contributed by atoms with Crippen molar-refractivity contribution in [3.8, 4) is 0 Å². The maximum Gasteiger partial charge on any atom is 0.294 e. The lowest BCUT2D eigenvalue weighted by Crippen LogP contribution is -2.44. The van der Waals surface area contributed by atoms with Gasteiger partial charge in [-0.2, -0.15) is 0 Å². The van der Waals surface area contributed by atoms with Gasteiger partial charge in [-0.05, 0) is 68.9 Å². The number of aliphatic hydroxyl groups excluding tert-OH is 1. The second-order valence-electron chi connectivity index (χ2n) is 8.65. The minimum atomic E-state index is -0.907. The maximum absolute atomic E-state index is 13.5. The normalized spacial score (nSPS) is 20.0. The summed E-state index contributed by atoms with van der Waals surface area (Å²) in [5.41, 5.74) is 1.39. The van der Waals surface area contributed by atoms with Crippen LogP contribution in [0.4, 0.5) is 14.5 Å². The summed E-state index contributed by atoms with van der Waals surface area (Å²) in [5, 5.41) is 15.4. The van der Waals surface area contributed by atoms with Crippen LogP contribution in [0.2, 0.25) is 0 Å². The molecular weight excluding hydrogens is 432 g/mol. The SMILES string of the molecule is Cc1cc(NC(=O)c2c(C)c(C(=O)C(=O)N[C@@H]3CC[C@@H](C)[C@@H]3O)n(CCF)c2C)ccc1F. The fourth-order valence-corrected chi connectivity index (χ4v) is 4.48. The number of rotatable bonds is 7. The molecule has 0 radical (unpaired) electrons. The molecule has 1 aliphatic rings. The molecule has 3 rings (SSSR count). The number of halogens is 2. The Morgan fingerprint density at radius 3 is 2.45 bits per heavy atom. The Kier molecular flexibility index (Phi) is 7.31. The van der Waals surface area contributed by atoms with E-state index in [1.54, 1.807) is 13.8 Å². The number of nitrogens with zero attached hydrogens (tertiary/aromatic N) is 1. The molecule has 0 saturated heterocycles. The van der Waals surface area contributed by atoms with Crippen LogP contribution in [0.25, 0.3) is 0 Å². The van der Waals surface area contributed by atoms with Crippen molar-refractivity contribution in [2.75, 3.05) is 12.0 Å². The Balaban J connectivity index is 1.91. The molecule has 1 aromatic heterocycles. The molecule has 2 aromatic rings. The minimum absolute atomic E-state index is 0.00942. The lowest BCUT2D eigenvalue weighted by atomic mass is 10.1. The van der Waals surface area contributed by atoms with Crippen LogP contribution in [0, 0.1) is 32.5 Å². The molecule has 1 saturated carbocycles. The third-order valence-electron chi connectivity index (χ3n) is 6.38. The lowest BCUT2D eigenvalue weighted by molar-refractivity contribution is -0.118. The molecule has 178 valence electrons. The van der Waals surface area contributed by atoms with Gasteiger partial charge in [-0.3, -0.25) is 14.4 Å². The second kappa shape index (κ2) is 9.82. The number of nitrogens with one attached hydrogen (secondary N) is 2. The number of carbonyl (C=O) groups excluding carboxylic acids is 3. The van der Waals surface area contributed by atoms with E-state index in [1.807, 2.05) is 6.92 Å².